The Bertz CT molecular complexity index is 663. The van der Waals surface area contributed by atoms with Crippen LogP contribution >= 0.6 is 11.8 Å². The number of rotatable bonds is 9. The molecule has 0 fully saturated rings. The number of aliphatic hydroxyl groups excluding tert-OH is 1. The van der Waals surface area contributed by atoms with Crippen molar-refractivity contribution in [2.24, 2.45) is 0 Å². The van der Waals surface area contributed by atoms with Gasteiger partial charge in [-0.05, 0) is 37.1 Å². The molecule has 5 heteroatoms. The van der Waals surface area contributed by atoms with Gasteiger partial charge in [-0.15, -0.1) is 11.8 Å². The maximum absolute atomic E-state index is 12.1. The van der Waals surface area contributed by atoms with Gasteiger partial charge in [0.25, 0.3) is 0 Å². The Hall–Kier alpha value is -1.98. The van der Waals surface area contributed by atoms with Crippen molar-refractivity contribution in [2.45, 2.75) is 25.2 Å². The summed E-state index contributed by atoms with van der Waals surface area (Å²) in [5, 5.41) is 12.8. The fourth-order valence-electron chi connectivity index (χ4n) is 2.27. The van der Waals surface area contributed by atoms with Gasteiger partial charge in [-0.25, -0.2) is 0 Å². The summed E-state index contributed by atoms with van der Waals surface area (Å²) >= 11 is 1.44. The van der Waals surface area contributed by atoms with Crippen LogP contribution < -0.4 is 10.1 Å². The van der Waals surface area contributed by atoms with E-state index in [2.05, 4.69) is 5.32 Å². The highest BCUT2D eigenvalue weighted by atomic mass is 32.2. The average molecular weight is 359 g/mol. The molecule has 0 aliphatic carbocycles. The van der Waals surface area contributed by atoms with Crippen LogP contribution in [0.5, 0.6) is 5.75 Å². The number of nitrogens with one attached hydrogen (secondary N) is 1. The molecule has 2 aromatic carbocycles. The second kappa shape index (κ2) is 10.1. The van der Waals surface area contributed by atoms with Gasteiger partial charge in [-0.1, -0.05) is 42.5 Å². The minimum atomic E-state index is -0.564. The number of ether oxygens (including phenoxy) is 1. The summed E-state index contributed by atoms with van der Waals surface area (Å²) < 4.78 is 5.61. The van der Waals surface area contributed by atoms with E-state index >= 15 is 0 Å². The van der Waals surface area contributed by atoms with E-state index in [9.17, 15) is 9.90 Å². The number of thioether (sulfide) groups is 1. The molecular weight excluding hydrogens is 334 g/mol. The lowest BCUT2D eigenvalue weighted by Gasteiger charge is -2.15. The van der Waals surface area contributed by atoms with Gasteiger partial charge in [-0.3, -0.25) is 4.79 Å². The van der Waals surface area contributed by atoms with Crippen LogP contribution in [0.15, 0.2) is 54.6 Å². The monoisotopic (exact) mass is 359 g/mol. The largest absolute Gasteiger partial charge is 0.492 e. The molecule has 0 spiro atoms. The molecule has 0 radical (unpaired) electrons. The molecule has 1 amide bonds. The first-order valence-electron chi connectivity index (χ1n) is 8.38. The van der Waals surface area contributed by atoms with Crippen LogP contribution in [-0.4, -0.2) is 35.2 Å². The Morgan fingerprint density at radius 3 is 2.68 bits per heavy atom. The van der Waals surface area contributed by atoms with Crippen molar-refractivity contribution in [2.75, 3.05) is 18.9 Å². The standard InChI is InChI=1S/C20H25NO3S/c1-15-7-6-10-18(13-15)24-12-11-21-20(23)16(2)25-14-19(22)17-8-4-3-5-9-17/h3-10,13,16,19,22H,11-12,14H2,1-2H3,(H,21,23). The highest BCUT2D eigenvalue weighted by molar-refractivity contribution is 8.00. The lowest BCUT2D eigenvalue weighted by molar-refractivity contribution is -0.120. The fourth-order valence-corrected chi connectivity index (χ4v) is 3.17. The molecule has 2 aromatic rings. The van der Waals surface area contributed by atoms with Gasteiger partial charge in [0.05, 0.1) is 17.9 Å². The number of amides is 1. The molecule has 0 saturated carbocycles. The van der Waals surface area contributed by atoms with E-state index in [1.165, 1.54) is 11.8 Å². The van der Waals surface area contributed by atoms with Crippen molar-refractivity contribution >= 4 is 17.7 Å². The van der Waals surface area contributed by atoms with Crippen LogP contribution in [0, 0.1) is 6.92 Å². The second-order valence-corrected chi connectivity index (χ2v) is 7.23. The maximum Gasteiger partial charge on any atom is 0.232 e. The summed E-state index contributed by atoms with van der Waals surface area (Å²) in [5.74, 6) is 1.25. The predicted molar refractivity (Wildman–Crippen MR) is 103 cm³/mol. The van der Waals surface area contributed by atoms with E-state index in [0.717, 1.165) is 16.9 Å². The van der Waals surface area contributed by atoms with E-state index in [4.69, 9.17) is 4.74 Å². The molecule has 25 heavy (non-hydrogen) atoms. The van der Waals surface area contributed by atoms with Crippen molar-refractivity contribution in [3.05, 3.63) is 65.7 Å². The van der Waals surface area contributed by atoms with Crippen LogP contribution in [0.1, 0.15) is 24.2 Å². The van der Waals surface area contributed by atoms with Crippen molar-refractivity contribution in [1.82, 2.24) is 5.32 Å². The van der Waals surface area contributed by atoms with E-state index in [-0.39, 0.29) is 11.2 Å². The summed E-state index contributed by atoms with van der Waals surface area (Å²) in [6.07, 6.45) is -0.564. The van der Waals surface area contributed by atoms with Gasteiger partial charge in [0.15, 0.2) is 0 Å². The van der Waals surface area contributed by atoms with Crippen molar-refractivity contribution in [3.63, 3.8) is 0 Å². The molecule has 0 aliphatic rings. The zero-order valence-corrected chi connectivity index (χ0v) is 15.5. The first-order valence-corrected chi connectivity index (χ1v) is 9.43. The van der Waals surface area contributed by atoms with E-state index in [1.807, 2.05) is 68.4 Å². The van der Waals surface area contributed by atoms with Gasteiger partial charge < -0.3 is 15.2 Å². The SMILES string of the molecule is Cc1cccc(OCCNC(=O)C(C)SCC(O)c2ccccc2)c1. The molecule has 2 unspecified atom stereocenters. The molecule has 134 valence electrons. The minimum absolute atomic E-state index is 0.0434. The average Bonchev–Trinajstić information content (AvgIpc) is 2.63. The lowest BCUT2D eigenvalue weighted by Crippen LogP contribution is -2.34. The summed E-state index contributed by atoms with van der Waals surface area (Å²) in [6, 6.07) is 17.3. The van der Waals surface area contributed by atoms with Gasteiger partial charge in [0, 0.05) is 5.75 Å². The lowest BCUT2D eigenvalue weighted by atomic mass is 10.1. The smallest absolute Gasteiger partial charge is 0.232 e. The number of carbonyl (C=O) groups excluding carboxylic acids is 1. The third-order valence-corrected chi connectivity index (χ3v) is 4.94. The highest BCUT2D eigenvalue weighted by Crippen LogP contribution is 2.21. The molecule has 0 bridgehead atoms. The molecule has 0 aliphatic heterocycles. The Morgan fingerprint density at radius 2 is 1.96 bits per heavy atom. The van der Waals surface area contributed by atoms with Crippen LogP contribution in [0.2, 0.25) is 0 Å². The molecule has 0 aromatic heterocycles. The van der Waals surface area contributed by atoms with Gasteiger partial charge in [0.1, 0.15) is 12.4 Å². The summed E-state index contributed by atoms with van der Waals surface area (Å²) in [4.78, 5) is 12.1. The topological polar surface area (TPSA) is 58.6 Å². The Kier molecular flexibility index (Phi) is 7.82. The van der Waals surface area contributed by atoms with Crippen LogP contribution in [-0.2, 0) is 4.79 Å². The number of aliphatic hydroxyl groups is 1. The molecule has 4 nitrogen and oxygen atoms in total. The molecule has 2 N–H and O–H groups in total. The van der Waals surface area contributed by atoms with Gasteiger partial charge in [0.2, 0.25) is 5.91 Å². The first kappa shape index (κ1) is 19.3. The van der Waals surface area contributed by atoms with Crippen LogP contribution in [0.4, 0.5) is 0 Å². The predicted octanol–water partition coefficient (Wildman–Crippen LogP) is 3.35. The van der Waals surface area contributed by atoms with Gasteiger partial charge >= 0.3 is 0 Å². The fraction of sp³-hybridized carbons (Fsp3) is 0.350. The number of hydrogen-bond acceptors (Lipinski definition) is 4. The third kappa shape index (κ3) is 6.80. The normalized spacial score (nSPS) is 13.1. The maximum atomic E-state index is 12.1. The zero-order chi connectivity index (χ0) is 18.1. The summed E-state index contributed by atoms with van der Waals surface area (Å²) in [7, 11) is 0. The van der Waals surface area contributed by atoms with E-state index in [1.54, 1.807) is 0 Å². The van der Waals surface area contributed by atoms with Crippen molar-refractivity contribution < 1.29 is 14.6 Å². The molecular formula is C20H25NO3S. The van der Waals surface area contributed by atoms with Gasteiger partial charge in [-0.2, -0.15) is 0 Å². The number of carbonyl (C=O) groups is 1. The van der Waals surface area contributed by atoms with E-state index < -0.39 is 6.10 Å². The van der Waals surface area contributed by atoms with E-state index in [0.29, 0.717) is 18.9 Å². The number of benzene rings is 2. The highest BCUT2D eigenvalue weighted by Gasteiger charge is 2.16. The summed E-state index contributed by atoms with van der Waals surface area (Å²) in [5.41, 5.74) is 2.01. The molecule has 0 saturated heterocycles. The molecule has 2 rings (SSSR count). The van der Waals surface area contributed by atoms with Crippen LogP contribution in [0.25, 0.3) is 0 Å². The number of hydrogen-bond donors (Lipinski definition) is 2. The molecule has 0 heterocycles. The minimum Gasteiger partial charge on any atom is -0.492 e. The Morgan fingerprint density at radius 1 is 1.20 bits per heavy atom. The Balaban J connectivity index is 1.64. The Labute approximate surface area is 153 Å². The van der Waals surface area contributed by atoms with Crippen molar-refractivity contribution in [1.29, 1.82) is 0 Å². The van der Waals surface area contributed by atoms with Crippen LogP contribution in [0.3, 0.4) is 0 Å². The summed E-state index contributed by atoms with van der Waals surface area (Å²) in [6.45, 7) is 4.74. The van der Waals surface area contributed by atoms with Crippen molar-refractivity contribution in [3.8, 4) is 5.75 Å². The quantitative estimate of drug-likeness (QED) is 0.674. The first-order chi connectivity index (χ1) is 12.1. The number of aryl methyl sites for hydroxylation is 1. The third-order valence-electron chi connectivity index (χ3n) is 3.72. The second-order valence-electron chi connectivity index (χ2n) is 5.86. The molecule has 2 atom stereocenters. The zero-order valence-electron chi connectivity index (χ0n) is 14.6.